The average Bonchev–Trinajstić information content (AvgIpc) is 3.41. The molecule has 0 saturated heterocycles. The second-order valence-electron chi connectivity index (χ2n) is 9.25. The van der Waals surface area contributed by atoms with Crippen LogP contribution in [0.4, 0.5) is 19.0 Å². The van der Waals surface area contributed by atoms with E-state index in [1.165, 1.54) is 0 Å². The number of benzene rings is 2. The van der Waals surface area contributed by atoms with Crippen LogP contribution in [-0.2, 0) is 25.6 Å². The number of rotatable bonds is 4. The number of carbonyl (C=O) groups excluding carboxylic acids is 1. The van der Waals surface area contributed by atoms with Crippen molar-refractivity contribution in [2.45, 2.75) is 32.5 Å². The average molecular weight is 571 g/mol. The summed E-state index contributed by atoms with van der Waals surface area (Å²) in [5.41, 5.74) is 1.82. The highest BCUT2D eigenvalue weighted by Gasteiger charge is 2.41. The molecule has 1 aliphatic carbocycles. The maximum Gasteiger partial charge on any atom is 0.433 e. The SMILES string of the molecule is Cc1cc(NC(=O)c2nn3c(C(F)(F)F)c4c(nc3c2Cl)-c2ccccc2CC4)nn1Cc1ccc(Cl)cc1. The van der Waals surface area contributed by atoms with Crippen LogP contribution in [0.1, 0.15) is 38.6 Å². The molecule has 0 spiro atoms. The van der Waals surface area contributed by atoms with E-state index in [9.17, 15) is 18.0 Å². The van der Waals surface area contributed by atoms with Gasteiger partial charge in [-0.15, -0.1) is 0 Å². The van der Waals surface area contributed by atoms with Gasteiger partial charge in [0.25, 0.3) is 5.91 Å². The van der Waals surface area contributed by atoms with Crippen LogP contribution in [0.5, 0.6) is 0 Å². The van der Waals surface area contributed by atoms with E-state index in [1.54, 1.807) is 35.0 Å². The zero-order chi connectivity index (χ0) is 27.5. The van der Waals surface area contributed by atoms with E-state index in [-0.39, 0.29) is 39.9 Å². The fraction of sp³-hybridized carbons (Fsp3) is 0.185. The lowest BCUT2D eigenvalue weighted by molar-refractivity contribution is -0.143. The highest BCUT2D eigenvalue weighted by Crippen LogP contribution is 2.41. The molecule has 6 rings (SSSR count). The first-order valence-corrected chi connectivity index (χ1v) is 12.7. The van der Waals surface area contributed by atoms with Crippen molar-refractivity contribution in [1.29, 1.82) is 0 Å². The number of fused-ring (bicyclic) bond motifs is 4. The first-order chi connectivity index (χ1) is 18.6. The minimum absolute atomic E-state index is 0.0244. The topological polar surface area (TPSA) is 77.1 Å². The number of aryl methyl sites for hydroxylation is 2. The monoisotopic (exact) mass is 570 g/mol. The van der Waals surface area contributed by atoms with E-state index in [2.05, 4.69) is 20.5 Å². The van der Waals surface area contributed by atoms with Crippen molar-refractivity contribution >= 4 is 40.6 Å². The summed E-state index contributed by atoms with van der Waals surface area (Å²) in [5, 5.41) is 11.3. The number of hydrogen-bond donors (Lipinski definition) is 1. The number of alkyl halides is 3. The summed E-state index contributed by atoms with van der Waals surface area (Å²) >= 11 is 12.4. The molecular formula is C27H19Cl2F3N6O. The lowest BCUT2D eigenvalue weighted by Crippen LogP contribution is -2.21. The Balaban J connectivity index is 1.38. The quantitative estimate of drug-likeness (QED) is 0.263. The van der Waals surface area contributed by atoms with Gasteiger partial charge in [-0.25, -0.2) is 9.50 Å². The first kappa shape index (κ1) is 25.4. The van der Waals surface area contributed by atoms with E-state index in [0.717, 1.165) is 16.8 Å². The summed E-state index contributed by atoms with van der Waals surface area (Å²) in [6.45, 7) is 2.25. The van der Waals surface area contributed by atoms with Crippen LogP contribution >= 0.6 is 23.2 Å². The summed E-state index contributed by atoms with van der Waals surface area (Å²) in [4.78, 5) is 17.6. The molecular weight excluding hydrogens is 552 g/mol. The lowest BCUT2D eigenvalue weighted by atomic mass is 9.88. The molecule has 5 aromatic rings. The zero-order valence-electron chi connectivity index (χ0n) is 20.4. The molecule has 3 aromatic heterocycles. The maximum absolute atomic E-state index is 14.4. The molecule has 0 aliphatic heterocycles. The number of nitrogens with one attached hydrogen (secondary N) is 1. The molecule has 198 valence electrons. The molecule has 0 bridgehead atoms. The second-order valence-corrected chi connectivity index (χ2v) is 10.1. The van der Waals surface area contributed by atoms with Crippen LogP contribution in [0.15, 0.2) is 54.6 Å². The molecule has 0 atom stereocenters. The summed E-state index contributed by atoms with van der Waals surface area (Å²) < 4.78 is 45.4. The number of amides is 1. The molecule has 2 aromatic carbocycles. The summed E-state index contributed by atoms with van der Waals surface area (Å²) in [6.07, 6.45) is -4.19. The third kappa shape index (κ3) is 4.53. The Bertz CT molecular complexity index is 1760. The number of halogens is 5. The fourth-order valence-electron chi connectivity index (χ4n) is 4.85. The van der Waals surface area contributed by atoms with Crippen LogP contribution in [0.25, 0.3) is 16.9 Å². The van der Waals surface area contributed by atoms with E-state index < -0.39 is 17.8 Å². The van der Waals surface area contributed by atoms with Crippen molar-refractivity contribution in [3.8, 4) is 11.3 Å². The molecule has 1 amide bonds. The highest BCUT2D eigenvalue weighted by molar-refractivity contribution is 6.37. The van der Waals surface area contributed by atoms with Gasteiger partial charge in [-0.2, -0.15) is 23.4 Å². The van der Waals surface area contributed by atoms with Gasteiger partial charge < -0.3 is 5.32 Å². The van der Waals surface area contributed by atoms with Crippen molar-refractivity contribution in [2.75, 3.05) is 5.32 Å². The normalized spacial score (nSPS) is 12.9. The molecule has 3 heterocycles. The van der Waals surface area contributed by atoms with Gasteiger partial charge in [0.1, 0.15) is 5.02 Å². The third-order valence-corrected chi connectivity index (χ3v) is 7.27. The molecule has 7 nitrogen and oxygen atoms in total. The predicted molar refractivity (Wildman–Crippen MR) is 141 cm³/mol. The van der Waals surface area contributed by atoms with E-state index in [1.807, 2.05) is 31.2 Å². The van der Waals surface area contributed by atoms with Gasteiger partial charge in [0.2, 0.25) is 0 Å². The Morgan fingerprint density at radius 3 is 2.54 bits per heavy atom. The Kier molecular flexibility index (Phi) is 6.11. The molecule has 0 radical (unpaired) electrons. The van der Waals surface area contributed by atoms with Gasteiger partial charge in [-0.3, -0.25) is 9.48 Å². The molecule has 1 N–H and O–H groups in total. The minimum atomic E-state index is -4.75. The van der Waals surface area contributed by atoms with Gasteiger partial charge >= 0.3 is 6.18 Å². The first-order valence-electron chi connectivity index (χ1n) is 12.0. The van der Waals surface area contributed by atoms with Crippen LogP contribution in [0.3, 0.4) is 0 Å². The van der Waals surface area contributed by atoms with Gasteiger partial charge in [-0.05, 0) is 43.0 Å². The van der Waals surface area contributed by atoms with Crippen molar-refractivity contribution in [2.24, 2.45) is 0 Å². The summed E-state index contributed by atoms with van der Waals surface area (Å²) in [7, 11) is 0. The predicted octanol–water partition coefficient (Wildman–Crippen LogP) is 6.63. The molecule has 0 saturated carbocycles. The Morgan fingerprint density at radius 2 is 1.79 bits per heavy atom. The van der Waals surface area contributed by atoms with Gasteiger partial charge in [0.05, 0.1) is 12.2 Å². The largest absolute Gasteiger partial charge is 0.433 e. The van der Waals surface area contributed by atoms with Crippen molar-refractivity contribution < 1.29 is 18.0 Å². The highest BCUT2D eigenvalue weighted by atomic mass is 35.5. The van der Waals surface area contributed by atoms with Crippen LogP contribution in [0, 0.1) is 6.92 Å². The molecule has 39 heavy (non-hydrogen) atoms. The Labute approximate surface area is 230 Å². The van der Waals surface area contributed by atoms with E-state index in [4.69, 9.17) is 23.2 Å². The van der Waals surface area contributed by atoms with E-state index in [0.29, 0.717) is 28.1 Å². The van der Waals surface area contributed by atoms with Crippen molar-refractivity contribution in [1.82, 2.24) is 24.4 Å². The van der Waals surface area contributed by atoms with Crippen molar-refractivity contribution in [3.05, 3.63) is 98.4 Å². The standard InChI is InChI=1S/C27H19Cl2F3N6O/c1-14-12-20(35-37(14)13-15-6-9-17(28)10-7-15)33-26(39)23-21(29)25-34-22-18-5-3-2-4-16(18)8-11-19(22)24(27(30,31)32)38(25)36-23/h2-7,9-10,12H,8,11,13H2,1H3,(H,33,35,39). The zero-order valence-corrected chi connectivity index (χ0v) is 21.9. The van der Waals surface area contributed by atoms with E-state index >= 15 is 0 Å². The number of carbonyl (C=O) groups is 1. The summed E-state index contributed by atoms with van der Waals surface area (Å²) in [6, 6.07) is 16.1. The number of nitrogens with zero attached hydrogens (tertiary/aromatic N) is 5. The van der Waals surface area contributed by atoms with Gasteiger partial charge in [-0.1, -0.05) is 59.6 Å². The van der Waals surface area contributed by atoms with Crippen LogP contribution in [-0.4, -0.2) is 30.3 Å². The van der Waals surface area contributed by atoms with Crippen LogP contribution in [0.2, 0.25) is 10.0 Å². The summed E-state index contributed by atoms with van der Waals surface area (Å²) in [5.74, 6) is -0.593. The lowest BCUT2D eigenvalue weighted by Gasteiger charge is -2.23. The minimum Gasteiger partial charge on any atom is -0.304 e. The number of aromatic nitrogens is 5. The number of anilines is 1. The molecule has 1 aliphatic rings. The smallest absolute Gasteiger partial charge is 0.304 e. The third-order valence-electron chi connectivity index (χ3n) is 6.67. The Hall–Kier alpha value is -3.89. The number of hydrogen-bond acceptors (Lipinski definition) is 4. The molecule has 0 fully saturated rings. The second kappa shape index (κ2) is 9.39. The van der Waals surface area contributed by atoms with Crippen molar-refractivity contribution in [3.63, 3.8) is 0 Å². The molecule has 12 heteroatoms. The van der Waals surface area contributed by atoms with Gasteiger partial charge in [0, 0.05) is 27.9 Å². The molecule has 0 unspecified atom stereocenters. The Morgan fingerprint density at radius 1 is 1.05 bits per heavy atom. The van der Waals surface area contributed by atoms with Gasteiger partial charge in [0.15, 0.2) is 22.9 Å². The fourth-order valence-corrected chi connectivity index (χ4v) is 5.22. The maximum atomic E-state index is 14.4. The van der Waals surface area contributed by atoms with Crippen LogP contribution < -0.4 is 5.32 Å².